The minimum absolute atomic E-state index is 0.0651. The minimum Gasteiger partial charge on any atom is -0.497 e. The third kappa shape index (κ3) is 2.73. The van der Waals surface area contributed by atoms with E-state index in [1.807, 2.05) is 29.2 Å². The molecule has 1 aromatic rings. The third-order valence-corrected chi connectivity index (χ3v) is 4.02. The lowest BCUT2D eigenvalue weighted by atomic mass is 9.88. The van der Waals surface area contributed by atoms with Crippen LogP contribution < -0.4 is 10.5 Å². The zero-order valence-corrected chi connectivity index (χ0v) is 11.7. The normalized spacial score (nSPS) is 23.2. The molecule has 1 atom stereocenters. The Kier molecular flexibility index (Phi) is 4.10. The Morgan fingerprint density at radius 3 is 2.63 bits per heavy atom. The van der Waals surface area contributed by atoms with Gasteiger partial charge in [-0.05, 0) is 50.5 Å². The average molecular weight is 262 g/mol. The summed E-state index contributed by atoms with van der Waals surface area (Å²) >= 11 is 0. The zero-order chi connectivity index (χ0) is 13.9. The third-order valence-electron chi connectivity index (χ3n) is 4.02. The number of carbonyl (C=O) groups excluding carboxylic acids is 1. The topological polar surface area (TPSA) is 55.6 Å². The first kappa shape index (κ1) is 13.9. The van der Waals surface area contributed by atoms with Crippen LogP contribution in [0.4, 0.5) is 0 Å². The maximum atomic E-state index is 12.6. The maximum absolute atomic E-state index is 12.6. The van der Waals surface area contributed by atoms with Crippen LogP contribution in [0.25, 0.3) is 0 Å². The molecule has 0 saturated carbocycles. The van der Waals surface area contributed by atoms with E-state index < -0.39 is 0 Å². The molecular formula is C15H22N2O2. The van der Waals surface area contributed by atoms with Crippen molar-refractivity contribution in [3.05, 3.63) is 29.8 Å². The lowest BCUT2D eigenvalue weighted by molar-refractivity contribution is 0.0403. The van der Waals surface area contributed by atoms with Gasteiger partial charge in [0, 0.05) is 18.7 Å². The van der Waals surface area contributed by atoms with Gasteiger partial charge in [-0.15, -0.1) is 0 Å². The number of hydrogen-bond donors (Lipinski definition) is 1. The Balaban J connectivity index is 2.21. The molecule has 1 unspecified atom stereocenters. The maximum Gasteiger partial charge on any atom is 0.254 e. The first-order chi connectivity index (χ1) is 9.10. The standard InChI is InChI=1S/C15H22N2O2/c1-15(11-16)9-3-4-10-17(15)14(18)12-5-7-13(19-2)8-6-12/h5-8H,3-4,9-11,16H2,1-2H3. The largest absolute Gasteiger partial charge is 0.497 e. The Hall–Kier alpha value is -1.55. The van der Waals surface area contributed by atoms with Crippen molar-refractivity contribution >= 4 is 5.91 Å². The van der Waals surface area contributed by atoms with Crippen LogP contribution in [0.5, 0.6) is 5.75 Å². The molecular weight excluding hydrogens is 240 g/mol. The second-order valence-electron chi connectivity index (χ2n) is 5.34. The van der Waals surface area contributed by atoms with Crippen LogP contribution in [0.15, 0.2) is 24.3 Å². The fraction of sp³-hybridized carbons (Fsp3) is 0.533. The SMILES string of the molecule is COc1ccc(C(=O)N2CCCCC2(C)CN)cc1. The van der Waals surface area contributed by atoms with Crippen LogP contribution >= 0.6 is 0 Å². The molecule has 0 radical (unpaired) electrons. The van der Waals surface area contributed by atoms with Crippen LogP contribution in [-0.4, -0.2) is 36.5 Å². The van der Waals surface area contributed by atoms with Crippen molar-refractivity contribution in [1.82, 2.24) is 4.90 Å². The summed E-state index contributed by atoms with van der Waals surface area (Å²) in [6.45, 7) is 3.38. The summed E-state index contributed by atoms with van der Waals surface area (Å²) in [6.07, 6.45) is 3.17. The number of likely N-dealkylation sites (tertiary alicyclic amines) is 1. The molecule has 1 fully saturated rings. The number of nitrogens with two attached hydrogens (primary N) is 1. The minimum atomic E-state index is -0.213. The van der Waals surface area contributed by atoms with Gasteiger partial charge in [-0.1, -0.05) is 0 Å². The first-order valence-corrected chi connectivity index (χ1v) is 6.77. The van der Waals surface area contributed by atoms with Crippen LogP contribution in [0, 0.1) is 0 Å². The van der Waals surface area contributed by atoms with Crippen molar-refractivity contribution in [3.8, 4) is 5.75 Å². The smallest absolute Gasteiger partial charge is 0.254 e. The zero-order valence-electron chi connectivity index (χ0n) is 11.7. The molecule has 0 bridgehead atoms. The van der Waals surface area contributed by atoms with E-state index in [-0.39, 0.29) is 11.4 Å². The predicted molar refractivity (Wildman–Crippen MR) is 75.3 cm³/mol. The van der Waals surface area contributed by atoms with Crippen molar-refractivity contribution in [2.75, 3.05) is 20.2 Å². The van der Waals surface area contributed by atoms with Gasteiger partial charge in [-0.25, -0.2) is 0 Å². The molecule has 19 heavy (non-hydrogen) atoms. The summed E-state index contributed by atoms with van der Waals surface area (Å²) < 4.78 is 5.11. The fourth-order valence-electron chi connectivity index (χ4n) is 2.63. The van der Waals surface area contributed by atoms with E-state index in [0.29, 0.717) is 12.1 Å². The summed E-state index contributed by atoms with van der Waals surface area (Å²) in [5.74, 6) is 0.826. The van der Waals surface area contributed by atoms with Gasteiger partial charge in [0.15, 0.2) is 0 Å². The van der Waals surface area contributed by atoms with Gasteiger partial charge < -0.3 is 15.4 Å². The predicted octanol–water partition coefficient (Wildman–Crippen LogP) is 2.04. The quantitative estimate of drug-likeness (QED) is 0.907. The molecule has 4 nitrogen and oxygen atoms in total. The van der Waals surface area contributed by atoms with Crippen molar-refractivity contribution in [2.24, 2.45) is 5.73 Å². The highest BCUT2D eigenvalue weighted by molar-refractivity contribution is 5.95. The Labute approximate surface area is 114 Å². The fourth-order valence-corrected chi connectivity index (χ4v) is 2.63. The molecule has 1 aliphatic heterocycles. The summed E-state index contributed by atoms with van der Waals surface area (Å²) in [7, 11) is 1.62. The van der Waals surface area contributed by atoms with E-state index in [2.05, 4.69) is 6.92 Å². The van der Waals surface area contributed by atoms with Gasteiger partial charge in [-0.2, -0.15) is 0 Å². The lowest BCUT2D eigenvalue weighted by Gasteiger charge is -2.44. The van der Waals surface area contributed by atoms with E-state index >= 15 is 0 Å². The number of piperidine rings is 1. The molecule has 0 aromatic heterocycles. The van der Waals surface area contributed by atoms with E-state index in [9.17, 15) is 4.79 Å². The van der Waals surface area contributed by atoms with Gasteiger partial charge in [0.25, 0.3) is 5.91 Å². The number of carbonyl (C=O) groups is 1. The van der Waals surface area contributed by atoms with Crippen LogP contribution in [0.3, 0.4) is 0 Å². The molecule has 1 aromatic carbocycles. The lowest BCUT2D eigenvalue weighted by Crippen LogP contribution is -2.56. The van der Waals surface area contributed by atoms with E-state index in [1.54, 1.807) is 7.11 Å². The van der Waals surface area contributed by atoms with Crippen LogP contribution in [0.1, 0.15) is 36.5 Å². The molecule has 1 saturated heterocycles. The molecule has 4 heteroatoms. The van der Waals surface area contributed by atoms with E-state index in [1.165, 1.54) is 0 Å². The highest BCUT2D eigenvalue weighted by Gasteiger charge is 2.36. The number of benzene rings is 1. The van der Waals surface area contributed by atoms with Crippen LogP contribution in [-0.2, 0) is 0 Å². The molecule has 2 rings (SSSR count). The molecule has 1 aliphatic rings. The highest BCUT2D eigenvalue weighted by atomic mass is 16.5. The van der Waals surface area contributed by atoms with Crippen molar-refractivity contribution in [2.45, 2.75) is 31.7 Å². The molecule has 0 spiro atoms. The summed E-state index contributed by atoms with van der Waals surface area (Å²) in [4.78, 5) is 14.5. The van der Waals surface area contributed by atoms with Crippen LogP contribution in [0.2, 0.25) is 0 Å². The number of nitrogens with zero attached hydrogens (tertiary/aromatic N) is 1. The van der Waals surface area contributed by atoms with Gasteiger partial charge in [0.1, 0.15) is 5.75 Å². The van der Waals surface area contributed by atoms with Gasteiger partial charge in [0.2, 0.25) is 0 Å². The number of rotatable bonds is 3. The highest BCUT2D eigenvalue weighted by Crippen LogP contribution is 2.28. The van der Waals surface area contributed by atoms with E-state index in [0.717, 1.165) is 31.6 Å². The second-order valence-corrected chi connectivity index (χ2v) is 5.34. The number of methoxy groups -OCH3 is 1. The second kappa shape index (κ2) is 5.61. The summed E-state index contributed by atoms with van der Waals surface area (Å²) in [5.41, 5.74) is 6.36. The summed E-state index contributed by atoms with van der Waals surface area (Å²) in [6, 6.07) is 7.26. The Bertz CT molecular complexity index is 444. The molecule has 104 valence electrons. The van der Waals surface area contributed by atoms with Gasteiger partial charge in [0.05, 0.1) is 12.6 Å². The van der Waals surface area contributed by atoms with Crippen molar-refractivity contribution in [1.29, 1.82) is 0 Å². The molecule has 2 N–H and O–H groups in total. The molecule has 1 heterocycles. The Morgan fingerprint density at radius 1 is 1.37 bits per heavy atom. The molecule has 0 aliphatic carbocycles. The van der Waals surface area contributed by atoms with Crippen molar-refractivity contribution in [3.63, 3.8) is 0 Å². The summed E-state index contributed by atoms with van der Waals surface area (Å²) in [5, 5.41) is 0. The number of ether oxygens (including phenoxy) is 1. The monoisotopic (exact) mass is 262 g/mol. The van der Waals surface area contributed by atoms with Crippen molar-refractivity contribution < 1.29 is 9.53 Å². The van der Waals surface area contributed by atoms with E-state index in [4.69, 9.17) is 10.5 Å². The average Bonchev–Trinajstić information content (AvgIpc) is 2.47. The number of amides is 1. The number of hydrogen-bond acceptors (Lipinski definition) is 3. The first-order valence-electron chi connectivity index (χ1n) is 6.77. The Morgan fingerprint density at radius 2 is 2.05 bits per heavy atom. The van der Waals surface area contributed by atoms with Gasteiger partial charge in [-0.3, -0.25) is 4.79 Å². The molecule has 1 amide bonds. The van der Waals surface area contributed by atoms with Gasteiger partial charge >= 0.3 is 0 Å².